The first-order valence-electron chi connectivity index (χ1n) is 22.1. The van der Waals surface area contributed by atoms with Crippen molar-refractivity contribution in [3.63, 3.8) is 0 Å². The zero-order chi connectivity index (χ0) is 41.2. The van der Waals surface area contributed by atoms with Crippen LogP contribution in [0.25, 0.3) is 77.9 Å². The van der Waals surface area contributed by atoms with E-state index in [0.29, 0.717) is 5.56 Å². The first-order chi connectivity index (χ1) is 30.6. The van der Waals surface area contributed by atoms with Gasteiger partial charge < -0.3 is 4.90 Å². The summed E-state index contributed by atoms with van der Waals surface area (Å²) in [5.74, 6) is 0. The van der Waals surface area contributed by atoms with Crippen molar-refractivity contribution in [1.82, 2.24) is 0 Å². The molecular weight excluding hydrogens is 747 g/mol. The largest absolute Gasteiger partial charge is 0.311 e. The second-order valence-electron chi connectivity index (χ2n) is 17.7. The minimum absolute atomic E-state index is 0.0696. The normalized spacial score (nSPS) is 14.1. The summed E-state index contributed by atoms with van der Waals surface area (Å²) in [4.78, 5) is 2.53. The van der Waals surface area contributed by atoms with Gasteiger partial charge in [0.15, 0.2) is 0 Å². The standard InChI is InChI=1S/C59H41BN2/c1-35-15-13-16-36(2)59(35)62-53-33-49-48(55(39-18-5-3-6-19-39)44-23-11-12-24-45(44)56(49)40-20-7-4-8-21-40)32-51(53)60-52-31-47-41-22-10-9-17-38(41)27-28-42(47)43-25-14-26-46(57(43)52)50-29-37(34-61)30-54(62)58(50)60/h3-9,11,13-21,23,25-33H,10,12,22,24H2,1-2H3. The van der Waals surface area contributed by atoms with E-state index >= 15 is 0 Å². The number of aryl methyl sites for hydroxylation is 3. The van der Waals surface area contributed by atoms with Crippen molar-refractivity contribution >= 4 is 84.6 Å². The second-order valence-corrected chi connectivity index (χ2v) is 17.7. The Bertz CT molecular complexity index is 3530. The van der Waals surface area contributed by atoms with Gasteiger partial charge in [-0.3, -0.25) is 0 Å². The molecule has 4 aliphatic rings. The quantitative estimate of drug-likeness (QED) is 0.132. The summed E-state index contributed by atoms with van der Waals surface area (Å²) in [6.45, 7) is 4.40. The number of anilines is 3. The smallest absolute Gasteiger partial charge is 0.248 e. The molecule has 0 saturated heterocycles. The average molecular weight is 789 g/mol. The molecule has 0 fully saturated rings. The molecule has 2 heterocycles. The van der Waals surface area contributed by atoms with Crippen LogP contribution in [0, 0.1) is 25.2 Å². The molecule has 290 valence electrons. The topological polar surface area (TPSA) is 27.0 Å². The van der Waals surface area contributed by atoms with E-state index in [-0.39, 0.29) is 6.71 Å². The van der Waals surface area contributed by atoms with Gasteiger partial charge in [0.05, 0.1) is 17.3 Å². The number of nitrogens with zero attached hydrogens (tertiary/aromatic N) is 2. The molecule has 2 aliphatic heterocycles. The van der Waals surface area contributed by atoms with Crippen molar-refractivity contribution in [2.75, 3.05) is 4.90 Å². The fourth-order valence-corrected chi connectivity index (χ4v) is 11.9. The molecule has 0 radical (unpaired) electrons. The lowest BCUT2D eigenvalue weighted by molar-refractivity contribution is 0.991. The first kappa shape index (κ1) is 35.4. The van der Waals surface area contributed by atoms with Crippen LogP contribution in [0.3, 0.4) is 0 Å². The number of nitriles is 1. The Kier molecular flexibility index (Phi) is 7.58. The van der Waals surface area contributed by atoms with Crippen LogP contribution < -0.4 is 21.3 Å². The van der Waals surface area contributed by atoms with Gasteiger partial charge in [0, 0.05) is 11.4 Å². The molecule has 13 rings (SSSR count). The van der Waals surface area contributed by atoms with Crippen LogP contribution in [-0.2, 0) is 12.8 Å². The Hall–Kier alpha value is -7.41. The molecule has 62 heavy (non-hydrogen) atoms. The number of fused-ring (bicyclic) bond motifs is 10. The predicted octanol–water partition coefficient (Wildman–Crippen LogP) is 13.2. The summed E-state index contributed by atoms with van der Waals surface area (Å²) in [6, 6.07) is 55.0. The number of hydrogen-bond acceptors (Lipinski definition) is 2. The molecular formula is C59H41BN2. The molecule has 0 aromatic heterocycles. The fraction of sp³-hybridized carbons (Fsp3) is 0.102. The number of rotatable bonds is 3. The Morgan fingerprint density at radius 3 is 2.02 bits per heavy atom. The van der Waals surface area contributed by atoms with E-state index in [0.717, 1.165) is 36.9 Å². The fourth-order valence-electron chi connectivity index (χ4n) is 11.9. The lowest BCUT2D eigenvalue weighted by Crippen LogP contribution is -2.59. The highest BCUT2D eigenvalue weighted by Gasteiger charge is 2.43. The Morgan fingerprint density at radius 1 is 0.548 bits per heavy atom. The van der Waals surface area contributed by atoms with Gasteiger partial charge in [-0.15, -0.1) is 0 Å². The van der Waals surface area contributed by atoms with Crippen LogP contribution in [-0.4, -0.2) is 6.71 Å². The van der Waals surface area contributed by atoms with E-state index in [9.17, 15) is 5.26 Å². The van der Waals surface area contributed by atoms with E-state index < -0.39 is 0 Å². The molecule has 0 N–H and O–H groups in total. The van der Waals surface area contributed by atoms with E-state index in [4.69, 9.17) is 0 Å². The highest BCUT2D eigenvalue weighted by molar-refractivity contribution is 7.01. The van der Waals surface area contributed by atoms with Gasteiger partial charge in [0.25, 0.3) is 0 Å². The van der Waals surface area contributed by atoms with Crippen molar-refractivity contribution in [1.29, 1.82) is 5.26 Å². The maximum atomic E-state index is 10.8. The van der Waals surface area contributed by atoms with E-state index in [2.05, 4.69) is 189 Å². The lowest BCUT2D eigenvalue weighted by atomic mass is 9.32. The first-order valence-corrected chi connectivity index (χ1v) is 22.1. The third-order valence-corrected chi connectivity index (χ3v) is 14.4. The Balaban J connectivity index is 1.25. The molecule has 9 aromatic carbocycles. The summed E-state index contributed by atoms with van der Waals surface area (Å²) in [7, 11) is 0. The second kappa shape index (κ2) is 13.3. The van der Waals surface area contributed by atoms with E-state index in [1.165, 1.54) is 121 Å². The van der Waals surface area contributed by atoms with Gasteiger partial charge in [0.2, 0.25) is 6.71 Å². The summed E-state index contributed by atoms with van der Waals surface area (Å²) in [6.07, 6.45) is 13.5. The SMILES string of the molecule is Cc1cccc(C)c1N1c2cc3c(-c4ccccc4)c4c(c(-c5ccccc5)c3cc2B2c3c(cc(C#N)cc31)-c1cccc3c1c2cc1c2c(ccc13)C=CCC2)C=CCC4. The van der Waals surface area contributed by atoms with Crippen LogP contribution in [0.4, 0.5) is 17.1 Å². The predicted molar refractivity (Wildman–Crippen MR) is 264 cm³/mol. The average Bonchev–Trinajstić information content (AvgIpc) is 3.32. The molecule has 0 atom stereocenters. The molecule has 0 bridgehead atoms. The van der Waals surface area contributed by atoms with Crippen LogP contribution >= 0.6 is 0 Å². The van der Waals surface area contributed by atoms with E-state index in [1.54, 1.807) is 0 Å². The van der Waals surface area contributed by atoms with Gasteiger partial charge in [-0.05, 0) is 168 Å². The number of allylic oxidation sites excluding steroid dienone is 2. The van der Waals surface area contributed by atoms with Gasteiger partial charge in [-0.1, -0.05) is 151 Å². The van der Waals surface area contributed by atoms with Crippen LogP contribution in [0.1, 0.15) is 51.8 Å². The van der Waals surface area contributed by atoms with E-state index in [1.807, 2.05) is 0 Å². The number of benzene rings is 9. The lowest BCUT2D eigenvalue weighted by Gasteiger charge is -2.42. The number of para-hydroxylation sites is 1. The highest BCUT2D eigenvalue weighted by Crippen LogP contribution is 2.50. The summed E-state index contributed by atoms with van der Waals surface area (Å²) in [5.41, 5.74) is 23.5. The monoisotopic (exact) mass is 788 g/mol. The maximum absolute atomic E-state index is 10.8. The minimum Gasteiger partial charge on any atom is -0.311 e. The van der Waals surface area contributed by atoms with Crippen molar-refractivity contribution in [2.24, 2.45) is 0 Å². The van der Waals surface area contributed by atoms with Crippen molar-refractivity contribution in [3.8, 4) is 39.4 Å². The van der Waals surface area contributed by atoms with Crippen LogP contribution in [0.5, 0.6) is 0 Å². The van der Waals surface area contributed by atoms with Gasteiger partial charge in [-0.25, -0.2) is 0 Å². The Labute approximate surface area is 362 Å². The molecule has 9 aromatic rings. The van der Waals surface area contributed by atoms with Crippen molar-refractivity contribution in [2.45, 2.75) is 39.5 Å². The van der Waals surface area contributed by atoms with Gasteiger partial charge >= 0.3 is 0 Å². The molecule has 2 aliphatic carbocycles. The van der Waals surface area contributed by atoms with Crippen LogP contribution in [0.15, 0.2) is 152 Å². The maximum Gasteiger partial charge on any atom is 0.248 e. The molecule has 0 saturated carbocycles. The molecule has 0 amide bonds. The molecule has 0 spiro atoms. The van der Waals surface area contributed by atoms with Crippen molar-refractivity contribution in [3.05, 3.63) is 191 Å². The third kappa shape index (κ3) is 4.87. The minimum atomic E-state index is -0.0696. The molecule has 3 heteroatoms. The van der Waals surface area contributed by atoms with Crippen LogP contribution in [0.2, 0.25) is 0 Å². The van der Waals surface area contributed by atoms with Gasteiger partial charge in [0.1, 0.15) is 0 Å². The van der Waals surface area contributed by atoms with Gasteiger partial charge in [-0.2, -0.15) is 5.26 Å². The zero-order valence-electron chi connectivity index (χ0n) is 34.9. The highest BCUT2D eigenvalue weighted by atomic mass is 15.2. The summed E-state index contributed by atoms with van der Waals surface area (Å²) >= 11 is 0. The molecule has 0 unspecified atom stereocenters. The van der Waals surface area contributed by atoms with Crippen molar-refractivity contribution < 1.29 is 0 Å². The summed E-state index contributed by atoms with van der Waals surface area (Å²) < 4.78 is 0. The number of hydrogen-bond donors (Lipinski definition) is 0. The zero-order valence-corrected chi connectivity index (χ0v) is 34.9. The Morgan fingerprint density at radius 2 is 1.24 bits per heavy atom. The third-order valence-electron chi connectivity index (χ3n) is 14.4. The molecule has 2 nitrogen and oxygen atoms in total. The summed E-state index contributed by atoms with van der Waals surface area (Å²) in [5, 5.41) is 18.6.